The van der Waals surface area contributed by atoms with Crippen molar-refractivity contribution in [3.05, 3.63) is 28.8 Å². The van der Waals surface area contributed by atoms with Crippen LogP contribution in [0.2, 0.25) is 5.02 Å². The summed E-state index contributed by atoms with van der Waals surface area (Å²) in [4.78, 5) is 23.9. The van der Waals surface area contributed by atoms with E-state index in [2.05, 4.69) is 5.32 Å². The van der Waals surface area contributed by atoms with Crippen molar-refractivity contribution in [2.24, 2.45) is 5.92 Å². The summed E-state index contributed by atoms with van der Waals surface area (Å²) in [6, 6.07) is 5.32. The number of benzene rings is 1. The standard InChI is InChI=1S/C14H14ClNO3/c1-7(17)12-10-6-14(2,16-13(12)18)19-11-4-3-8(15)5-9(10)11/h3-5,10,12H,6H2,1-2H3,(H,16,18)/t10-,12-,14+/m0/s1. The molecule has 1 N–H and O–H groups in total. The molecule has 1 aromatic rings. The smallest absolute Gasteiger partial charge is 0.234 e. The molecule has 3 atom stereocenters. The van der Waals surface area contributed by atoms with Gasteiger partial charge in [0.05, 0.1) is 0 Å². The minimum atomic E-state index is -0.742. The van der Waals surface area contributed by atoms with Gasteiger partial charge in [-0.3, -0.25) is 9.59 Å². The van der Waals surface area contributed by atoms with E-state index in [1.165, 1.54) is 6.92 Å². The van der Waals surface area contributed by atoms with Gasteiger partial charge in [0, 0.05) is 22.9 Å². The molecule has 2 bridgehead atoms. The van der Waals surface area contributed by atoms with Crippen molar-refractivity contribution in [3.8, 4) is 5.75 Å². The summed E-state index contributed by atoms with van der Waals surface area (Å²) >= 11 is 6.01. The number of fused-ring (bicyclic) bond motifs is 4. The van der Waals surface area contributed by atoms with Crippen LogP contribution in [0.25, 0.3) is 0 Å². The zero-order valence-corrected chi connectivity index (χ0v) is 11.5. The number of piperidine rings is 1. The Morgan fingerprint density at radius 3 is 2.95 bits per heavy atom. The fraction of sp³-hybridized carbons (Fsp3) is 0.429. The van der Waals surface area contributed by atoms with Crippen molar-refractivity contribution in [3.63, 3.8) is 0 Å². The van der Waals surface area contributed by atoms with Gasteiger partial charge >= 0.3 is 0 Å². The van der Waals surface area contributed by atoms with Crippen LogP contribution in [-0.4, -0.2) is 17.4 Å². The molecule has 2 heterocycles. The fourth-order valence-electron chi connectivity index (χ4n) is 3.08. The maximum atomic E-state index is 12.1. The molecule has 1 amide bonds. The number of ketones is 1. The highest BCUT2D eigenvalue weighted by Gasteiger charge is 2.50. The van der Waals surface area contributed by atoms with Gasteiger partial charge in [0.2, 0.25) is 5.91 Å². The average molecular weight is 280 g/mol. The Morgan fingerprint density at radius 2 is 2.26 bits per heavy atom. The van der Waals surface area contributed by atoms with Crippen LogP contribution in [0.4, 0.5) is 0 Å². The van der Waals surface area contributed by atoms with Gasteiger partial charge in [0.15, 0.2) is 5.72 Å². The normalized spacial score (nSPS) is 32.1. The Morgan fingerprint density at radius 1 is 1.53 bits per heavy atom. The van der Waals surface area contributed by atoms with Gasteiger partial charge in [-0.15, -0.1) is 0 Å². The van der Waals surface area contributed by atoms with Gasteiger partial charge in [0.1, 0.15) is 17.5 Å². The summed E-state index contributed by atoms with van der Waals surface area (Å²) in [6.45, 7) is 3.28. The number of Topliss-reactive ketones (excluding diaryl/α,β-unsaturated/α-hetero) is 1. The molecule has 0 spiro atoms. The summed E-state index contributed by atoms with van der Waals surface area (Å²) in [5.74, 6) is -0.531. The maximum Gasteiger partial charge on any atom is 0.234 e. The van der Waals surface area contributed by atoms with Crippen LogP contribution >= 0.6 is 11.6 Å². The van der Waals surface area contributed by atoms with E-state index >= 15 is 0 Å². The molecule has 0 aliphatic carbocycles. The predicted octanol–water partition coefficient (Wildman–Crippen LogP) is 2.26. The molecule has 100 valence electrons. The lowest BCUT2D eigenvalue weighted by molar-refractivity contribution is -0.145. The average Bonchev–Trinajstić information content (AvgIpc) is 2.28. The van der Waals surface area contributed by atoms with Gasteiger partial charge in [-0.05, 0) is 32.0 Å². The number of halogens is 1. The van der Waals surface area contributed by atoms with Gasteiger partial charge in [0.25, 0.3) is 0 Å². The van der Waals surface area contributed by atoms with E-state index in [0.29, 0.717) is 17.2 Å². The first kappa shape index (κ1) is 12.5. The number of nitrogens with one attached hydrogen (secondary N) is 1. The zero-order chi connectivity index (χ0) is 13.8. The Kier molecular flexibility index (Phi) is 2.61. The molecule has 5 heteroatoms. The van der Waals surface area contributed by atoms with E-state index in [1.54, 1.807) is 18.2 Å². The van der Waals surface area contributed by atoms with Crippen molar-refractivity contribution in [2.45, 2.75) is 31.9 Å². The van der Waals surface area contributed by atoms with E-state index in [-0.39, 0.29) is 17.6 Å². The molecule has 2 aliphatic heterocycles. The largest absolute Gasteiger partial charge is 0.468 e. The van der Waals surface area contributed by atoms with Crippen molar-refractivity contribution in [2.75, 3.05) is 0 Å². The minimum Gasteiger partial charge on any atom is -0.468 e. The maximum absolute atomic E-state index is 12.1. The first-order valence-corrected chi connectivity index (χ1v) is 6.58. The Bertz CT molecular complexity index is 586. The van der Waals surface area contributed by atoms with E-state index in [9.17, 15) is 9.59 Å². The molecule has 1 fully saturated rings. The van der Waals surface area contributed by atoms with E-state index in [4.69, 9.17) is 16.3 Å². The number of ether oxygens (including phenoxy) is 1. The van der Waals surface area contributed by atoms with E-state index in [0.717, 1.165) is 5.56 Å². The van der Waals surface area contributed by atoms with Crippen molar-refractivity contribution in [1.82, 2.24) is 5.32 Å². The van der Waals surface area contributed by atoms with E-state index in [1.807, 2.05) is 6.92 Å². The number of amides is 1. The van der Waals surface area contributed by atoms with Gasteiger partial charge in [-0.2, -0.15) is 0 Å². The van der Waals surface area contributed by atoms with Gasteiger partial charge in [-0.1, -0.05) is 11.6 Å². The number of hydrogen-bond donors (Lipinski definition) is 1. The highest BCUT2D eigenvalue weighted by molar-refractivity contribution is 6.30. The molecular weight excluding hydrogens is 266 g/mol. The van der Waals surface area contributed by atoms with Crippen LogP contribution in [-0.2, 0) is 9.59 Å². The van der Waals surface area contributed by atoms with E-state index < -0.39 is 11.6 Å². The molecule has 1 aromatic carbocycles. The van der Waals surface area contributed by atoms with Gasteiger partial charge < -0.3 is 10.1 Å². The van der Waals surface area contributed by atoms with Crippen molar-refractivity contribution < 1.29 is 14.3 Å². The van der Waals surface area contributed by atoms with Crippen LogP contribution in [0, 0.1) is 5.92 Å². The number of rotatable bonds is 1. The number of carbonyl (C=O) groups excluding carboxylic acids is 2. The molecule has 19 heavy (non-hydrogen) atoms. The zero-order valence-electron chi connectivity index (χ0n) is 10.7. The van der Waals surface area contributed by atoms with Crippen LogP contribution < -0.4 is 10.1 Å². The third-order valence-electron chi connectivity index (χ3n) is 3.83. The first-order chi connectivity index (χ1) is 8.89. The highest BCUT2D eigenvalue weighted by Crippen LogP contribution is 2.47. The molecule has 0 radical (unpaired) electrons. The Hall–Kier alpha value is -1.55. The molecule has 2 aliphatic rings. The lowest BCUT2D eigenvalue weighted by Crippen LogP contribution is -2.61. The summed E-state index contributed by atoms with van der Waals surface area (Å²) < 4.78 is 5.84. The lowest BCUT2D eigenvalue weighted by atomic mass is 9.73. The number of carbonyl (C=O) groups is 2. The summed E-state index contributed by atoms with van der Waals surface area (Å²) in [6.07, 6.45) is 0.580. The third kappa shape index (κ3) is 1.91. The summed E-state index contributed by atoms with van der Waals surface area (Å²) in [5.41, 5.74) is 0.106. The van der Waals surface area contributed by atoms with Crippen LogP contribution in [0.3, 0.4) is 0 Å². The molecule has 0 unspecified atom stereocenters. The molecule has 3 rings (SSSR count). The lowest BCUT2D eigenvalue weighted by Gasteiger charge is -2.46. The van der Waals surface area contributed by atoms with Gasteiger partial charge in [-0.25, -0.2) is 0 Å². The summed E-state index contributed by atoms with van der Waals surface area (Å²) in [7, 11) is 0. The molecule has 4 nitrogen and oxygen atoms in total. The quantitative estimate of drug-likeness (QED) is 0.802. The second kappa shape index (κ2) is 3.97. The Balaban J connectivity index is 2.15. The monoisotopic (exact) mass is 279 g/mol. The third-order valence-corrected chi connectivity index (χ3v) is 4.06. The Labute approximate surface area is 116 Å². The van der Waals surface area contributed by atoms with Crippen molar-refractivity contribution >= 4 is 23.3 Å². The molecule has 0 saturated carbocycles. The molecule has 0 aromatic heterocycles. The minimum absolute atomic E-state index is 0.127. The van der Waals surface area contributed by atoms with Crippen LogP contribution in [0.1, 0.15) is 31.7 Å². The second-order valence-electron chi connectivity index (χ2n) is 5.40. The second-order valence-corrected chi connectivity index (χ2v) is 5.84. The first-order valence-electron chi connectivity index (χ1n) is 6.20. The topological polar surface area (TPSA) is 55.4 Å². The van der Waals surface area contributed by atoms with Crippen LogP contribution in [0.15, 0.2) is 18.2 Å². The molecular formula is C14H14ClNO3. The SMILES string of the molecule is CC(=O)[C@@H]1C(=O)N[C@@]2(C)C[C@H]1c1cc(Cl)ccc1O2. The fourth-order valence-corrected chi connectivity index (χ4v) is 3.26. The van der Waals surface area contributed by atoms with Crippen molar-refractivity contribution in [1.29, 1.82) is 0 Å². The highest BCUT2D eigenvalue weighted by atomic mass is 35.5. The van der Waals surface area contributed by atoms with Crippen LogP contribution in [0.5, 0.6) is 5.75 Å². The molecule has 1 saturated heterocycles. The summed E-state index contributed by atoms with van der Waals surface area (Å²) in [5, 5.41) is 3.38. The predicted molar refractivity (Wildman–Crippen MR) is 70.2 cm³/mol. The number of hydrogen-bond acceptors (Lipinski definition) is 3.